The number of hydrogen-bond acceptors (Lipinski definition) is 4. The average molecular weight is 328 g/mol. The van der Waals surface area contributed by atoms with Crippen molar-refractivity contribution in [2.45, 2.75) is 19.8 Å². The minimum atomic E-state index is -0.135. The van der Waals surface area contributed by atoms with E-state index in [1.54, 1.807) is 32.4 Å². The van der Waals surface area contributed by atoms with E-state index in [9.17, 15) is 4.79 Å². The van der Waals surface area contributed by atoms with E-state index in [2.05, 4.69) is 30.5 Å². The number of anilines is 2. The zero-order chi connectivity index (χ0) is 17.5. The van der Waals surface area contributed by atoms with Crippen molar-refractivity contribution >= 4 is 17.3 Å². The van der Waals surface area contributed by atoms with Gasteiger partial charge in [-0.15, -0.1) is 0 Å². The van der Waals surface area contributed by atoms with Crippen molar-refractivity contribution in [3.8, 4) is 11.5 Å². The summed E-state index contributed by atoms with van der Waals surface area (Å²) < 4.78 is 10.4. The van der Waals surface area contributed by atoms with E-state index in [4.69, 9.17) is 9.47 Å². The van der Waals surface area contributed by atoms with Crippen LogP contribution < -0.4 is 20.1 Å². The van der Waals surface area contributed by atoms with Gasteiger partial charge in [0, 0.05) is 29.6 Å². The molecule has 128 valence electrons. The highest BCUT2D eigenvalue weighted by Crippen LogP contribution is 2.26. The zero-order valence-electron chi connectivity index (χ0n) is 14.6. The van der Waals surface area contributed by atoms with E-state index in [1.165, 1.54) is 5.56 Å². The van der Waals surface area contributed by atoms with Crippen molar-refractivity contribution < 1.29 is 14.3 Å². The second kappa shape index (κ2) is 8.24. The zero-order valence-corrected chi connectivity index (χ0v) is 14.6. The number of methoxy groups -OCH3 is 2. The Kier molecular flexibility index (Phi) is 6.07. The topological polar surface area (TPSA) is 59.6 Å². The smallest absolute Gasteiger partial charge is 0.243 e. The molecule has 0 aromatic heterocycles. The van der Waals surface area contributed by atoms with Gasteiger partial charge in [-0.25, -0.2) is 0 Å². The minimum Gasteiger partial charge on any atom is -0.497 e. The van der Waals surface area contributed by atoms with Gasteiger partial charge in [-0.05, 0) is 17.5 Å². The average Bonchev–Trinajstić information content (AvgIpc) is 2.59. The van der Waals surface area contributed by atoms with Crippen LogP contribution in [-0.4, -0.2) is 26.7 Å². The second-order valence-corrected chi connectivity index (χ2v) is 5.75. The van der Waals surface area contributed by atoms with Crippen molar-refractivity contribution in [1.82, 2.24) is 0 Å². The van der Waals surface area contributed by atoms with Gasteiger partial charge in [-0.2, -0.15) is 0 Å². The summed E-state index contributed by atoms with van der Waals surface area (Å²) in [6.45, 7) is 4.44. The maximum Gasteiger partial charge on any atom is 0.243 e. The Morgan fingerprint density at radius 3 is 2.25 bits per heavy atom. The molecule has 2 aromatic carbocycles. The van der Waals surface area contributed by atoms with E-state index < -0.39 is 0 Å². The van der Waals surface area contributed by atoms with E-state index in [0.29, 0.717) is 23.1 Å². The first-order chi connectivity index (χ1) is 11.5. The molecule has 0 heterocycles. The molecule has 0 atom stereocenters. The van der Waals surface area contributed by atoms with E-state index in [1.807, 2.05) is 18.2 Å². The van der Waals surface area contributed by atoms with Crippen LogP contribution >= 0.6 is 0 Å². The third-order valence-electron chi connectivity index (χ3n) is 3.66. The van der Waals surface area contributed by atoms with Crippen molar-refractivity contribution in [3.63, 3.8) is 0 Å². The molecule has 0 radical (unpaired) electrons. The maximum absolute atomic E-state index is 12.2. The number of carbonyl (C=O) groups is 1. The number of rotatable bonds is 7. The van der Waals surface area contributed by atoms with Crippen LogP contribution in [0.25, 0.3) is 0 Å². The molecule has 1 amide bonds. The SMILES string of the molecule is COc1cc(NC(=O)CNc2ccccc2C(C)C)cc(OC)c1. The molecule has 0 saturated heterocycles. The summed E-state index contributed by atoms with van der Waals surface area (Å²) in [5.41, 5.74) is 2.80. The summed E-state index contributed by atoms with van der Waals surface area (Å²) in [6.07, 6.45) is 0. The maximum atomic E-state index is 12.2. The molecule has 0 aliphatic rings. The van der Waals surface area contributed by atoms with Crippen LogP contribution in [0.3, 0.4) is 0 Å². The van der Waals surface area contributed by atoms with Crippen LogP contribution in [0.15, 0.2) is 42.5 Å². The first-order valence-corrected chi connectivity index (χ1v) is 7.89. The van der Waals surface area contributed by atoms with Crippen LogP contribution in [0.2, 0.25) is 0 Å². The van der Waals surface area contributed by atoms with Crippen LogP contribution in [0, 0.1) is 0 Å². The van der Waals surface area contributed by atoms with Crippen LogP contribution in [0.4, 0.5) is 11.4 Å². The van der Waals surface area contributed by atoms with E-state index >= 15 is 0 Å². The van der Waals surface area contributed by atoms with Crippen molar-refractivity contribution in [2.24, 2.45) is 0 Å². The van der Waals surface area contributed by atoms with Gasteiger partial charge in [0.15, 0.2) is 0 Å². The second-order valence-electron chi connectivity index (χ2n) is 5.75. The number of ether oxygens (including phenoxy) is 2. The van der Waals surface area contributed by atoms with Gasteiger partial charge in [0.05, 0.1) is 20.8 Å². The Morgan fingerprint density at radius 1 is 1.04 bits per heavy atom. The number of amides is 1. The predicted octanol–water partition coefficient (Wildman–Crippen LogP) is 3.88. The van der Waals surface area contributed by atoms with Crippen molar-refractivity contribution in [1.29, 1.82) is 0 Å². The molecule has 2 aromatic rings. The number of nitrogens with one attached hydrogen (secondary N) is 2. The van der Waals surface area contributed by atoms with E-state index in [0.717, 1.165) is 5.69 Å². The van der Waals surface area contributed by atoms with Crippen LogP contribution in [-0.2, 0) is 4.79 Å². The monoisotopic (exact) mass is 328 g/mol. The van der Waals surface area contributed by atoms with Gasteiger partial charge >= 0.3 is 0 Å². The molecule has 0 fully saturated rings. The Morgan fingerprint density at radius 2 is 1.67 bits per heavy atom. The summed E-state index contributed by atoms with van der Waals surface area (Å²) in [4.78, 5) is 12.2. The molecule has 0 bridgehead atoms. The van der Waals surface area contributed by atoms with Gasteiger partial charge in [0.25, 0.3) is 0 Å². The highest BCUT2D eigenvalue weighted by Gasteiger charge is 2.09. The molecule has 0 spiro atoms. The summed E-state index contributed by atoms with van der Waals surface area (Å²) in [5, 5.41) is 6.05. The van der Waals surface area contributed by atoms with Gasteiger partial charge in [-0.3, -0.25) is 4.79 Å². The summed E-state index contributed by atoms with van der Waals surface area (Å²) in [5.74, 6) is 1.51. The Labute approximate surface area is 143 Å². The molecule has 5 nitrogen and oxygen atoms in total. The molecule has 5 heteroatoms. The quantitative estimate of drug-likeness (QED) is 0.810. The highest BCUT2D eigenvalue weighted by atomic mass is 16.5. The van der Waals surface area contributed by atoms with Crippen LogP contribution in [0.5, 0.6) is 11.5 Å². The number of carbonyl (C=O) groups excluding carboxylic acids is 1. The van der Waals surface area contributed by atoms with Gasteiger partial charge < -0.3 is 20.1 Å². The fourth-order valence-corrected chi connectivity index (χ4v) is 2.42. The lowest BCUT2D eigenvalue weighted by atomic mass is 10.0. The third-order valence-corrected chi connectivity index (χ3v) is 3.66. The fourth-order valence-electron chi connectivity index (χ4n) is 2.42. The largest absolute Gasteiger partial charge is 0.497 e. The van der Waals surface area contributed by atoms with Crippen molar-refractivity contribution in [3.05, 3.63) is 48.0 Å². The molecule has 24 heavy (non-hydrogen) atoms. The lowest BCUT2D eigenvalue weighted by Gasteiger charge is -2.15. The van der Waals surface area contributed by atoms with Gasteiger partial charge in [0.1, 0.15) is 11.5 Å². The molecule has 0 aliphatic carbocycles. The fraction of sp³-hybridized carbons (Fsp3) is 0.316. The molecule has 0 unspecified atom stereocenters. The Hall–Kier alpha value is -2.69. The molecule has 0 saturated carbocycles. The number of benzene rings is 2. The Balaban J connectivity index is 2.02. The summed E-state index contributed by atoms with van der Waals surface area (Å²) in [6, 6.07) is 13.3. The number of hydrogen-bond donors (Lipinski definition) is 2. The van der Waals surface area contributed by atoms with Gasteiger partial charge in [0.2, 0.25) is 5.91 Å². The third kappa shape index (κ3) is 4.65. The molecular formula is C19H24N2O3. The normalized spacial score (nSPS) is 10.4. The standard InChI is InChI=1S/C19H24N2O3/c1-13(2)17-7-5-6-8-18(17)20-12-19(22)21-14-9-15(23-3)11-16(10-14)24-4/h5-11,13,20H,12H2,1-4H3,(H,21,22). The minimum absolute atomic E-state index is 0.135. The Bertz CT molecular complexity index is 677. The molecule has 0 aliphatic heterocycles. The highest BCUT2D eigenvalue weighted by molar-refractivity contribution is 5.94. The van der Waals surface area contributed by atoms with Gasteiger partial charge in [-0.1, -0.05) is 32.0 Å². The summed E-state index contributed by atoms with van der Waals surface area (Å²) in [7, 11) is 3.15. The molecular weight excluding hydrogens is 304 g/mol. The van der Waals surface area contributed by atoms with Crippen molar-refractivity contribution in [2.75, 3.05) is 31.4 Å². The predicted molar refractivity (Wildman–Crippen MR) is 97.2 cm³/mol. The first kappa shape index (κ1) is 17.7. The van der Waals surface area contributed by atoms with E-state index in [-0.39, 0.29) is 12.5 Å². The molecule has 2 rings (SSSR count). The van der Waals surface area contributed by atoms with Crippen LogP contribution in [0.1, 0.15) is 25.3 Å². The molecule has 2 N–H and O–H groups in total. The first-order valence-electron chi connectivity index (χ1n) is 7.89. The number of para-hydroxylation sites is 1. The summed E-state index contributed by atoms with van der Waals surface area (Å²) >= 11 is 0. The lowest BCUT2D eigenvalue weighted by Crippen LogP contribution is -2.22. The lowest BCUT2D eigenvalue weighted by molar-refractivity contribution is -0.114.